The first-order valence-corrected chi connectivity index (χ1v) is 6.53. The lowest BCUT2D eigenvalue weighted by atomic mass is 9.94. The lowest BCUT2D eigenvalue weighted by Crippen LogP contribution is -2.29. The average molecular weight is 258 g/mol. The number of nitrogens with one attached hydrogen (secondary N) is 1. The molecule has 0 radical (unpaired) electrons. The molecule has 0 aromatic carbocycles. The number of ether oxygens (including phenoxy) is 1. The van der Waals surface area contributed by atoms with E-state index in [4.69, 9.17) is 5.73 Å². The summed E-state index contributed by atoms with van der Waals surface area (Å²) in [6, 6.07) is 0. The molecule has 18 heavy (non-hydrogen) atoms. The van der Waals surface area contributed by atoms with Gasteiger partial charge >= 0.3 is 5.97 Å². The number of hydrogen-bond acceptors (Lipinski definition) is 4. The maximum atomic E-state index is 11.6. The van der Waals surface area contributed by atoms with Crippen molar-refractivity contribution in [1.29, 1.82) is 0 Å². The summed E-state index contributed by atoms with van der Waals surface area (Å²) < 4.78 is 4.51. The van der Waals surface area contributed by atoms with Crippen LogP contribution in [0, 0.1) is 11.8 Å². The van der Waals surface area contributed by atoms with E-state index in [0.29, 0.717) is 38.3 Å². The number of amides is 1. The molecular weight excluding hydrogens is 232 g/mol. The van der Waals surface area contributed by atoms with Gasteiger partial charge < -0.3 is 15.8 Å². The van der Waals surface area contributed by atoms with Gasteiger partial charge in [-0.25, -0.2) is 0 Å². The molecule has 0 aromatic rings. The van der Waals surface area contributed by atoms with Gasteiger partial charge in [0.25, 0.3) is 0 Å². The highest BCUT2D eigenvalue weighted by Crippen LogP contribution is 2.13. The van der Waals surface area contributed by atoms with Crippen LogP contribution in [0.15, 0.2) is 0 Å². The van der Waals surface area contributed by atoms with Crippen molar-refractivity contribution < 1.29 is 14.3 Å². The second kappa shape index (κ2) is 9.88. The van der Waals surface area contributed by atoms with Gasteiger partial charge in [0.1, 0.15) is 0 Å². The molecule has 0 aliphatic carbocycles. The molecule has 0 saturated carbocycles. The van der Waals surface area contributed by atoms with Gasteiger partial charge in [0.15, 0.2) is 0 Å². The van der Waals surface area contributed by atoms with E-state index in [2.05, 4.69) is 23.9 Å². The molecule has 5 heteroatoms. The monoisotopic (exact) mass is 258 g/mol. The van der Waals surface area contributed by atoms with E-state index < -0.39 is 0 Å². The smallest absolute Gasteiger partial charge is 0.305 e. The highest BCUT2D eigenvalue weighted by Gasteiger charge is 2.13. The normalized spacial score (nSPS) is 12.3. The number of carbonyl (C=O) groups is 2. The molecule has 0 aromatic heterocycles. The maximum Gasteiger partial charge on any atom is 0.305 e. The number of nitrogens with two attached hydrogens (primary N) is 1. The van der Waals surface area contributed by atoms with Crippen LogP contribution in [-0.2, 0) is 14.3 Å². The zero-order valence-corrected chi connectivity index (χ0v) is 11.7. The third-order valence-corrected chi connectivity index (χ3v) is 2.72. The molecule has 0 spiro atoms. The van der Waals surface area contributed by atoms with Gasteiger partial charge in [-0.05, 0) is 31.2 Å². The molecule has 0 saturated heterocycles. The Hall–Kier alpha value is -1.10. The summed E-state index contributed by atoms with van der Waals surface area (Å²) in [6.45, 7) is 5.29. The standard InChI is InChI=1S/C13H26N2O3/c1-10(2)7-11(9-14)8-12(16)15-6-4-5-13(17)18-3/h10-11H,4-9,14H2,1-3H3,(H,15,16)/t11-/m0/s1. The predicted octanol–water partition coefficient (Wildman–Crippen LogP) is 1.07. The van der Waals surface area contributed by atoms with Gasteiger partial charge in [-0.2, -0.15) is 0 Å². The van der Waals surface area contributed by atoms with Crippen LogP contribution in [0.25, 0.3) is 0 Å². The quantitative estimate of drug-likeness (QED) is 0.479. The molecular formula is C13H26N2O3. The molecule has 0 aliphatic rings. The van der Waals surface area contributed by atoms with Crippen LogP contribution < -0.4 is 11.1 Å². The largest absolute Gasteiger partial charge is 0.469 e. The number of methoxy groups -OCH3 is 1. The summed E-state index contributed by atoms with van der Waals surface area (Å²) in [5, 5.41) is 2.80. The van der Waals surface area contributed by atoms with Crippen molar-refractivity contribution in [1.82, 2.24) is 5.32 Å². The van der Waals surface area contributed by atoms with E-state index in [1.54, 1.807) is 0 Å². The summed E-state index contributed by atoms with van der Waals surface area (Å²) in [7, 11) is 1.36. The molecule has 0 unspecified atom stereocenters. The van der Waals surface area contributed by atoms with Gasteiger partial charge in [-0.3, -0.25) is 9.59 Å². The van der Waals surface area contributed by atoms with E-state index in [9.17, 15) is 9.59 Å². The van der Waals surface area contributed by atoms with E-state index in [1.165, 1.54) is 7.11 Å². The van der Waals surface area contributed by atoms with Crippen LogP contribution >= 0.6 is 0 Å². The lowest BCUT2D eigenvalue weighted by Gasteiger charge is -2.16. The highest BCUT2D eigenvalue weighted by atomic mass is 16.5. The SMILES string of the molecule is COC(=O)CCCNC(=O)C[C@@H](CN)CC(C)C. The number of carbonyl (C=O) groups excluding carboxylic acids is 2. The fraction of sp³-hybridized carbons (Fsp3) is 0.846. The van der Waals surface area contributed by atoms with Crippen molar-refractivity contribution in [2.45, 2.75) is 39.5 Å². The van der Waals surface area contributed by atoms with E-state index in [1.807, 2.05) is 0 Å². The van der Waals surface area contributed by atoms with Crippen LogP contribution in [0.5, 0.6) is 0 Å². The Morgan fingerprint density at radius 1 is 1.33 bits per heavy atom. The molecule has 1 amide bonds. The number of esters is 1. The van der Waals surface area contributed by atoms with Crippen molar-refractivity contribution >= 4 is 11.9 Å². The zero-order chi connectivity index (χ0) is 14.0. The summed E-state index contributed by atoms with van der Waals surface area (Å²) in [4.78, 5) is 22.5. The first kappa shape index (κ1) is 16.9. The van der Waals surface area contributed by atoms with Gasteiger partial charge in [0, 0.05) is 19.4 Å². The summed E-state index contributed by atoms with van der Waals surface area (Å²) in [5.74, 6) is 0.552. The molecule has 3 N–H and O–H groups in total. The van der Waals surface area contributed by atoms with Crippen molar-refractivity contribution in [3.8, 4) is 0 Å². The molecule has 0 bridgehead atoms. The number of rotatable bonds is 9. The molecule has 0 aliphatic heterocycles. The predicted molar refractivity (Wildman–Crippen MR) is 70.9 cm³/mol. The minimum absolute atomic E-state index is 0.0102. The number of hydrogen-bond donors (Lipinski definition) is 2. The minimum atomic E-state index is -0.246. The molecule has 106 valence electrons. The maximum absolute atomic E-state index is 11.6. The molecule has 0 heterocycles. The average Bonchev–Trinajstić information content (AvgIpc) is 2.32. The Morgan fingerprint density at radius 3 is 2.50 bits per heavy atom. The van der Waals surface area contributed by atoms with Crippen molar-refractivity contribution in [3.05, 3.63) is 0 Å². The zero-order valence-electron chi connectivity index (χ0n) is 11.7. The van der Waals surface area contributed by atoms with Gasteiger partial charge in [0.2, 0.25) is 5.91 Å². The third kappa shape index (κ3) is 8.98. The Balaban J connectivity index is 3.72. The summed E-state index contributed by atoms with van der Waals surface area (Å²) in [6.07, 6.45) is 2.37. The first-order valence-electron chi connectivity index (χ1n) is 6.53. The van der Waals surface area contributed by atoms with E-state index >= 15 is 0 Å². The van der Waals surface area contributed by atoms with Crippen LogP contribution in [0.1, 0.15) is 39.5 Å². The Morgan fingerprint density at radius 2 is 2.00 bits per heavy atom. The van der Waals surface area contributed by atoms with Crippen LogP contribution in [0.2, 0.25) is 0 Å². The molecule has 5 nitrogen and oxygen atoms in total. The lowest BCUT2D eigenvalue weighted by molar-refractivity contribution is -0.140. The van der Waals surface area contributed by atoms with Crippen LogP contribution in [0.3, 0.4) is 0 Å². The highest BCUT2D eigenvalue weighted by molar-refractivity contribution is 5.76. The third-order valence-electron chi connectivity index (χ3n) is 2.72. The summed E-state index contributed by atoms with van der Waals surface area (Å²) in [5.41, 5.74) is 5.64. The molecule has 0 fully saturated rings. The Labute approximate surface area is 109 Å². The summed E-state index contributed by atoms with van der Waals surface area (Å²) >= 11 is 0. The minimum Gasteiger partial charge on any atom is -0.469 e. The van der Waals surface area contributed by atoms with E-state index in [-0.39, 0.29) is 17.8 Å². The van der Waals surface area contributed by atoms with Crippen LogP contribution in [-0.4, -0.2) is 32.1 Å². The fourth-order valence-electron chi connectivity index (χ4n) is 1.83. The first-order chi connectivity index (χ1) is 8.49. The second-order valence-electron chi connectivity index (χ2n) is 4.97. The van der Waals surface area contributed by atoms with Gasteiger partial charge in [-0.15, -0.1) is 0 Å². The van der Waals surface area contributed by atoms with Crippen molar-refractivity contribution in [3.63, 3.8) is 0 Å². The molecule has 1 atom stereocenters. The fourth-order valence-corrected chi connectivity index (χ4v) is 1.83. The topological polar surface area (TPSA) is 81.4 Å². The Kier molecular flexibility index (Phi) is 9.28. The molecule has 0 rings (SSSR count). The Bertz CT molecular complexity index is 255. The van der Waals surface area contributed by atoms with Gasteiger partial charge in [0.05, 0.1) is 7.11 Å². The second-order valence-corrected chi connectivity index (χ2v) is 4.97. The van der Waals surface area contributed by atoms with Crippen LogP contribution in [0.4, 0.5) is 0 Å². The van der Waals surface area contributed by atoms with E-state index in [0.717, 1.165) is 6.42 Å². The van der Waals surface area contributed by atoms with Crippen molar-refractivity contribution in [2.24, 2.45) is 17.6 Å². The van der Waals surface area contributed by atoms with Crippen molar-refractivity contribution in [2.75, 3.05) is 20.2 Å². The van der Waals surface area contributed by atoms with Gasteiger partial charge in [-0.1, -0.05) is 13.8 Å².